The van der Waals surface area contributed by atoms with E-state index in [-0.39, 0.29) is 16.6 Å². The summed E-state index contributed by atoms with van der Waals surface area (Å²) < 4.78 is 36.7. The summed E-state index contributed by atoms with van der Waals surface area (Å²) in [6.45, 7) is 1.88. The fourth-order valence-corrected chi connectivity index (χ4v) is 3.00. The van der Waals surface area contributed by atoms with E-state index in [0.717, 1.165) is 32.2 Å². The maximum absolute atomic E-state index is 13.7. The molecule has 1 aromatic rings. The fraction of sp³-hybridized carbons (Fsp3) is 0.538. The third-order valence-corrected chi connectivity index (χ3v) is 4.46. The third-order valence-electron chi connectivity index (χ3n) is 3.35. The van der Waals surface area contributed by atoms with Crippen LogP contribution in [0.25, 0.3) is 0 Å². The molecule has 1 unspecified atom stereocenters. The van der Waals surface area contributed by atoms with Gasteiger partial charge in [0.05, 0.1) is 10.6 Å². The molecule has 4 nitrogen and oxygen atoms in total. The number of likely N-dealkylation sites (N-methyl/N-ethyl adjacent to an activating group) is 1. The number of hydrogen-bond acceptors (Lipinski definition) is 4. The highest BCUT2D eigenvalue weighted by atomic mass is 32.2. The molecule has 2 rings (SSSR count). The van der Waals surface area contributed by atoms with Crippen molar-refractivity contribution in [1.29, 1.82) is 0 Å². The molecule has 0 bridgehead atoms. The number of likely N-dealkylation sites (tertiary alicyclic amines) is 1. The second-order valence-corrected chi connectivity index (χ2v) is 7.18. The van der Waals surface area contributed by atoms with Crippen LogP contribution in [0.4, 0.5) is 10.1 Å². The average Bonchev–Trinajstić information content (AvgIpc) is 2.30. The maximum Gasteiger partial charge on any atom is 0.175 e. The summed E-state index contributed by atoms with van der Waals surface area (Å²) in [6.07, 6.45) is 3.15. The van der Waals surface area contributed by atoms with Crippen LogP contribution < -0.4 is 5.32 Å². The Balaban J connectivity index is 2.19. The number of benzene rings is 1. The Morgan fingerprint density at radius 1 is 1.42 bits per heavy atom. The standard InChI is InChI=1S/C13H19FN2O2S/c1-16-7-3-4-10(9-16)15-13-8-11(19(2,17)18)5-6-12(13)14/h5-6,8,10,15H,3-4,7,9H2,1-2H3. The van der Waals surface area contributed by atoms with E-state index in [1.54, 1.807) is 0 Å². The first kappa shape index (κ1) is 14.3. The summed E-state index contributed by atoms with van der Waals surface area (Å²) in [7, 11) is -1.29. The number of sulfone groups is 1. The van der Waals surface area contributed by atoms with E-state index in [9.17, 15) is 12.8 Å². The molecular weight excluding hydrogens is 267 g/mol. The summed E-state index contributed by atoms with van der Waals surface area (Å²) in [5.41, 5.74) is 0.267. The monoisotopic (exact) mass is 286 g/mol. The van der Waals surface area contributed by atoms with Crippen molar-refractivity contribution in [2.75, 3.05) is 31.7 Å². The first-order valence-electron chi connectivity index (χ1n) is 6.31. The number of halogens is 1. The van der Waals surface area contributed by atoms with Gasteiger partial charge in [0.2, 0.25) is 0 Å². The third kappa shape index (κ3) is 3.67. The SMILES string of the molecule is CN1CCCC(Nc2cc(S(C)(=O)=O)ccc2F)C1. The van der Waals surface area contributed by atoms with Gasteiger partial charge in [-0.25, -0.2) is 12.8 Å². The molecule has 1 fully saturated rings. The molecular formula is C13H19FN2O2S. The van der Waals surface area contributed by atoms with Crippen molar-refractivity contribution in [3.63, 3.8) is 0 Å². The van der Waals surface area contributed by atoms with E-state index in [1.165, 1.54) is 18.2 Å². The van der Waals surface area contributed by atoms with Crippen molar-refractivity contribution in [2.24, 2.45) is 0 Å². The van der Waals surface area contributed by atoms with Crippen molar-refractivity contribution < 1.29 is 12.8 Å². The molecule has 6 heteroatoms. The van der Waals surface area contributed by atoms with Crippen LogP contribution in [-0.2, 0) is 9.84 Å². The fourth-order valence-electron chi connectivity index (χ4n) is 2.35. The van der Waals surface area contributed by atoms with Gasteiger partial charge in [0.1, 0.15) is 5.82 Å². The highest BCUT2D eigenvalue weighted by Crippen LogP contribution is 2.22. The van der Waals surface area contributed by atoms with E-state index in [4.69, 9.17) is 0 Å². The van der Waals surface area contributed by atoms with Gasteiger partial charge in [-0.05, 0) is 44.6 Å². The zero-order valence-corrected chi connectivity index (χ0v) is 12.0. The number of rotatable bonds is 3. The predicted octanol–water partition coefficient (Wildman–Crippen LogP) is 1.74. The van der Waals surface area contributed by atoms with Crippen molar-refractivity contribution >= 4 is 15.5 Å². The number of nitrogens with one attached hydrogen (secondary N) is 1. The normalized spacial score (nSPS) is 21.3. The average molecular weight is 286 g/mol. The molecule has 0 radical (unpaired) electrons. The molecule has 0 aliphatic carbocycles. The second kappa shape index (κ2) is 5.46. The van der Waals surface area contributed by atoms with Crippen LogP contribution in [0.15, 0.2) is 23.1 Å². The number of anilines is 1. The van der Waals surface area contributed by atoms with Gasteiger partial charge >= 0.3 is 0 Å². The molecule has 1 aromatic carbocycles. The minimum absolute atomic E-state index is 0.139. The lowest BCUT2D eigenvalue weighted by Gasteiger charge is -2.31. The van der Waals surface area contributed by atoms with E-state index in [0.29, 0.717) is 0 Å². The molecule has 0 aromatic heterocycles. The summed E-state index contributed by atoms with van der Waals surface area (Å²) in [5.74, 6) is -0.416. The molecule has 1 saturated heterocycles. The Morgan fingerprint density at radius 2 is 2.16 bits per heavy atom. The number of piperidine rings is 1. The molecule has 0 spiro atoms. The second-order valence-electron chi connectivity index (χ2n) is 5.16. The molecule has 106 valence electrons. The predicted molar refractivity (Wildman–Crippen MR) is 73.7 cm³/mol. The lowest BCUT2D eigenvalue weighted by atomic mass is 10.1. The van der Waals surface area contributed by atoms with Gasteiger partial charge in [-0.3, -0.25) is 0 Å². The molecule has 0 saturated carbocycles. The van der Waals surface area contributed by atoms with Crippen molar-refractivity contribution in [3.05, 3.63) is 24.0 Å². The topological polar surface area (TPSA) is 49.4 Å². The van der Waals surface area contributed by atoms with Crippen LogP contribution in [0.5, 0.6) is 0 Å². The van der Waals surface area contributed by atoms with Crippen LogP contribution in [0.3, 0.4) is 0 Å². The molecule has 1 heterocycles. The van der Waals surface area contributed by atoms with E-state index in [1.807, 2.05) is 7.05 Å². The Labute approximate surface area is 113 Å². The first-order valence-corrected chi connectivity index (χ1v) is 8.20. The zero-order chi connectivity index (χ0) is 14.0. The Bertz CT molecular complexity index is 560. The molecule has 0 amide bonds. The van der Waals surface area contributed by atoms with Gasteiger partial charge in [0.15, 0.2) is 9.84 Å². The quantitative estimate of drug-likeness (QED) is 0.860. The van der Waals surface area contributed by atoms with Crippen LogP contribution in [0.1, 0.15) is 12.8 Å². The Kier molecular flexibility index (Phi) is 4.10. The van der Waals surface area contributed by atoms with Crippen molar-refractivity contribution in [1.82, 2.24) is 4.90 Å². The largest absolute Gasteiger partial charge is 0.379 e. The maximum atomic E-state index is 13.7. The van der Waals surface area contributed by atoms with Gasteiger partial charge in [0.25, 0.3) is 0 Å². The van der Waals surface area contributed by atoms with E-state index in [2.05, 4.69) is 10.2 Å². The highest BCUT2D eigenvalue weighted by molar-refractivity contribution is 7.90. The molecule has 19 heavy (non-hydrogen) atoms. The van der Waals surface area contributed by atoms with Gasteiger partial charge in [-0.1, -0.05) is 0 Å². The van der Waals surface area contributed by atoms with Gasteiger partial charge in [0, 0.05) is 18.8 Å². The van der Waals surface area contributed by atoms with Gasteiger partial charge < -0.3 is 10.2 Å². The summed E-state index contributed by atoms with van der Waals surface area (Å²) in [6, 6.07) is 4.02. The molecule has 1 atom stereocenters. The van der Waals surface area contributed by atoms with E-state index >= 15 is 0 Å². The van der Waals surface area contributed by atoms with Crippen LogP contribution >= 0.6 is 0 Å². The minimum Gasteiger partial charge on any atom is -0.379 e. The number of nitrogens with zero attached hydrogens (tertiary/aromatic N) is 1. The molecule has 1 aliphatic rings. The molecule has 1 N–H and O–H groups in total. The smallest absolute Gasteiger partial charge is 0.175 e. The molecule has 1 aliphatic heterocycles. The van der Waals surface area contributed by atoms with Gasteiger partial charge in [-0.2, -0.15) is 0 Å². The summed E-state index contributed by atoms with van der Waals surface area (Å²) in [5, 5.41) is 3.11. The van der Waals surface area contributed by atoms with Crippen LogP contribution in [0, 0.1) is 5.82 Å². The van der Waals surface area contributed by atoms with Crippen LogP contribution in [0.2, 0.25) is 0 Å². The first-order chi connectivity index (χ1) is 8.86. The number of hydrogen-bond donors (Lipinski definition) is 1. The summed E-state index contributed by atoms with van der Waals surface area (Å²) in [4.78, 5) is 2.32. The zero-order valence-electron chi connectivity index (χ0n) is 11.2. The lowest BCUT2D eigenvalue weighted by Crippen LogP contribution is -2.39. The Morgan fingerprint density at radius 3 is 2.79 bits per heavy atom. The van der Waals surface area contributed by atoms with Crippen molar-refractivity contribution in [2.45, 2.75) is 23.8 Å². The Hall–Kier alpha value is -1.14. The van der Waals surface area contributed by atoms with Gasteiger partial charge in [-0.15, -0.1) is 0 Å². The highest BCUT2D eigenvalue weighted by Gasteiger charge is 2.19. The minimum atomic E-state index is -3.31. The summed E-state index contributed by atoms with van der Waals surface area (Å²) >= 11 is 0. The lowest BCUT2D eigenvalue weighted by molar-refractivity contribution is 0.260. The van der Waals surface area contributed by atoms with E-state index < -0.39 is 15.7 Å². The van der Waals surface area contributed by atoms with Crippen molar-refractivity contribution in [3.8, 4) is 0 Å². The van der Waals surface area contributed by atoms with Crippen LogP contribution in [-0.4, -0.2) is 45.8 Å².